The minimum Gasteiger partial charge on any atom is -0.446 e. The smallest absolute Gasteiger partial charge is 0.431 e. The minimum atomic E-state index is -1.15. The highest BCUT2D eigenvalue weighted by atomic mass is 35.5. The third-order valence-corrected chi connectivity index (χ3v) is 6.69. The number of hydrogen-bond acceptors (Lipinski definition) is 5. The molecule has 1 saturated heterocycles. The zero-order chi connectivity index (χ0) is 25.7. The van der Waals surface area contributed by atoms with E-state index >= 15 is 0 Å². The first kappa shape index (κ1) is 25.9. The molecule has 3 aromatic carbocycles. The number of carbonyl (C=O) groups excluding carboxylic acids is 2. The van der Waals surface area contributed by atoms with Crippen LogP contribution in [0.5, 0.6) is 0 Å². The Bertz CT molecular complexity index is 1150. The zero-order valence-electron chi connectivity index (χ0n) is 20.5. The van der Waals surface area contributed by atoms with E-state index in [-0.39, 0.29) is 25.1 Å². The number of carbonyl (C=O) groups is 2. The van der Waals surface area contributed by atoms with E-state index in [1.54, 1.807) is 29.3 Å². The lowest BCUT2D eigenvalue weighted by atomic mass is 9.88. The van der Waals surface area contributed by atoms with Crippen LogP contribution in [0, 0.1) is 5.92 Å². The van der Waals surface area contributed by atoms with Crippen LogP contribution in [-0.2, 0) is 22.4 Å². The van der Waals surface area contributed by atoms with Crippen LogP contribution in [-0.4, -0.2) is 45.8 Å². The van der Waals surface area contributed by atoms with Crippen molar-refractivity contribution < 1.29 is 19.4 Å². The summed E-state index contributed by atoms with van der Waals surface area (Å²) in [5.41, 5.74) is 2.52. The van der Waals surface area contributed by atoms with Crippen LogP contribution in [0.4, 0.5) is 4.79 Å². The van der Waals surface area contributed by atoms with Crippen molar-refractivity contribution in [2.24, 2.45) is 5.92 Å². The molecule has 0 aromatic heterocycles. The van der Waals surface area contributed by atoms with Crippen LogP contribution in [0.25, 0.3) is 0 Å². The summed E-state index contributed by atoms with van der Waals surface area (Å²) >= 11 is 6.04. The molecule has 1 heterocycles. The van der Waals surface area contributed by atoms with Gasteiger partial charge in [-0.15, -0.1) is 0 Å². The number of imide groups is 1. The maximum Gasteiger partial charge on any atom is 0.431 e. The van der Waals surface area contributed by atoms with Gasteiger partial charge in [0.05, 0.1) is 18.1 Å². The van der Waals surface area contributed by atoms with Gasteiger partial charge in [-0.3, -0.25) is 4.79 Å². The van der Waals surface area contributed by atoms with E-state index in [1.165, 1.54) is 0 Å². The van der Waals surface area contributed by atoms with Gasteiger partial charge in [-0.2, -0.15) is 10.0 Å². The first-order chi connectivity index (χ1) is 17.3. The average molecular weight is 507 g/mol. The van der Waals surface area contributed by atoms with Crippen molar-refractivity contribution in [3.63, 3.8) is 0 Å². The molecule has 3 atom stereocenters. The largest absolute Gasteiger partial charge is 0.446 e. The van der Waals surface area contributed by atoms with E-state index in [0.29, 0.717) is 17.0 Å². The summed E-state index contributed by atoms with van der Waals surface area (Å²) in [7, 11) is 0. The molecule has 1 N–H and O–H groups in total. The van der Waals surface area contributed by atoms with Crippen molar-refractivity contribution in [3.05, 3.63) is 107 Å². The minimum absolute atomic E-state index is 0.152. The van der Waals surface area contributed by atoms with Gasteiger partial charge in [0.15, 0.2) is 0 Å². The number of nitrogens with zero attached hydrogens (tertiary/aromatic N) is 2. The standard InChI is InChI=1S/C29H31ClN2O4/c1-20(2)31-25(17-21-9-5-3-6-10-21)19-36-29(35)32(31)28(34)26(18-22-11-7-4-8-12-22)27(33)23-13-15-24(30)16-14-23/h3-16,20,25-27,33H,17-19H2,1-2H3/t25-,26-,27+/m0/s1. The average Bonchev–Trinajstić information content (AvgIpc) is 2.89. The topological polar surface area (TPSA) is 70.1 Å². The maximum absolute atomic E-state index is 14.1. The molecule has 4 rings (SSSR count). The van der Waals surface area contributed by atoms with E-state index in [2.05, 4.69) is 0 Å². The molecule has 188 valence electrons. The summed E-state index contributed by atoms with van der Waals surface area (Å²) in [4.78, 5) is 27.2. The number of rotatable bonds is 8. The van der Waals surface area contributed by atoms with Gasteiger partial charge in [0.25, 0.3) is 5.91 Å². The molecule has 1 fully saturated rings. The molecule has 36 heavy (non-hydrogen) atoms. The Balaban J connectivity index is 1.68. The normalized spacial score (nSPS) is 18.1. The number of halogens is 1. The van der Waals surface area contributed by atoms with E-state index in [1.807, 2.05) is 74.5 Å². The number of ether oxygens (including phenoxy) is 1. The number of aliphatic hydroxyl groups excluding tert-OH is 1. The van der Waals surface area contributed by atoms with E-state index < -0.39 is 24.0 Å². The van der Waals surface area contributed by atoms with Crippen molar-refractivity contribution in [1.29, 1.82) is 0 Å². The van der Waals surface area contributed by atoms with E-state index in [9.17, 15) is 14.7 Å². The van der Waals surface area contributed by atoms with Crippen molar-refractivity contribution in [2.75, 3.05) is 6.61 Å². The molecular formula is C29H31ClN2O4. The van der Waals surface area contributed by atoms with Gasteiger partial charge in [-0.1, -0.05) is 84.4 Å². The molecule has 3 aromatic rings. The quantitative estimate of drug-likeness (QED) is 0.440. The fourth-order valence-electron chi connectivity index (χ4n) is 4.71. The summed E-state index contributed by atoms with van der Waals surface area (Å²) in [5.74, 6) is -1.42. The Kier molecular flexibility index (Phi) is 8.41. The monoisotopic (exact) mass is 506 g/mol. The summed E-state index contributed by atoms with van der Waals surface area (Å²) in [6.45, 7) is 4.07. The van der Waals surface area contributed by atoms with Gasteiger partial charge in [0.1, 0.15) is 6.61 Å². The zero-order valence-corrected chi connectivity index (χ0v) is 21.2. The number of hydrogen-bond donors (Lipinski definition) is 1. The number of cyclic esters (lactones) is 1. The first-order valence-corrected chi connectivity index (χ1v) is 12.5. The van der Waals surface area contributed by atoms with Crippen LogP contribution in [0.15, 0.2) is 84.9 Å². The van der Waals surface area contributed by atoms with Crippen molar-refractivity contribution in [2.45, 2.75) is 44.9 Å². The van der Waals surface area contributed by atoms with Crippen LogP contribution in [0.2, 0.25) is 5.02 Å². The lowest BCUT2D eigenvalue weighted by Gasteiger charge is -2.45. The summed E-state index contributed by atoms with van der Waals surface area (Å²) in [6.07, 6.45) is -1.01. The first-order valence-electron chi connectivity index (χ1n) is 12.2. The molecule has 1 aliphatic rings. The van der Waals surface area contributed by atoms with E-state index in [0.717, 1.165) is 16.1 Å². The summed E-state index contributed by atoms with van der Waals surface area (Å²) in [5, 5.41) is 14.8. The van der Waals surface area contributed by atoms with Gasteiger partial charge < -0.3 is 9.84 Å². The third kappa shape index (κ3) is 5.95. The Hall–Kier alpha value is -3.19. The Morgan fingerprint density at radius 1 is 0.972 bits per heavy atom. The number of amides is 2. The second kappa shape index (κ2) is 11.7. The Morgan fingerprint density at radius 3 is 2.14 bits per heavy atom. The number of aliphatic hydroxyl groups is 1. The molecule has 7 heteroatoms. The Labute approximate surface area is 217 Å². The second-order valence-electron chi connectivity index (χ2n) is 9.34. The number of benzene rings is 3. The van der Waals surface area contributed by atoms with Gasteiger partial charge >= 0.3 is 6.09 Å². The van der Waals surface area contributed by atoms with Gasteiger partial charge in [-0.05, 0) is 55.5 Å². The van der Waals surface area contributed by atoms with Crippen LogP contribution in [0.1, 0.15) is 36.6 Å². The highest BCUT2D eigenvalue weighted by Crippen LogP contribution is 2.31. The SMILES string of the molecule is CC(C)N1[C@@H](Cc2ccccc2)COC(=O)N1C(=O)[C@@H](Cc1ccccc1)[C@H](O)c1ccc(Cl)cc1. The Morgan fingerprint density at radius 2 is 1.56 bits per heavy atom. The molecule has 0 spiro atoms. The summed E-state index contributed by atoms with van der Waals surface area (Å²) < 4.78 is 5.50. The van der Waals surface area contributed by atoms with E-state index in [4.69, 9.17) is 16.3 Å². The van der Waals surface area contributed by atoms with Crippen molar-refractivity contribution >= 4 is 23.6 Å². The molecule has 0 unspecified atom stereocenters. The molecular weight excluding hydrogens is 476 g/mol. The predicted molar refractivity (Wildman–Crippen MR) is 139 cm³/mol. The molecule has 0 radical (unpaired) electrons. The van der Waals surface area contributed by atoms with Crippen LogP contribution in [0.3, 0.4) is 0 Å². The van der Waals surface area contributed by atoms with Crippen LogP contribution >= 0.6 is 11.6 Å². The fraction of sp³-hybridized carbons (Fsp3) is 0.310. The fourth-order valence-corrected chi connectivity index (χ4v) is 4.83. The predicted octanol–water partition coefficient (Wildman–Crippen LogP) is 5.45. The highest BCUT2D eigenvalue weighted by molar-refractivity contribution is 6.30. The summed E-state index contributed by atoms with van der Waals surface area (Å²) in [6, 6.07) is 25.8. The molecule has 1 aliphatic heterocycles. The molecule has 6 nitrogen and oxygen atoms in total. The van der Waals surface area contributed by atoms with Crippen molar-refractivity contribution in [3.8, 4) is 0 Å². The lowest BCUT2D eigenvalue weighted by molar-refractivity contribution is -0.172. The molecule has 0 aliphatic carbocycles. The maximum atomic E-state index is 14.1. The third-order valence-electron chi connectivity index (χ3n) is 6.44. The van der Waals surface area contributed by atoms with Gasteiger partial charge in [0, 0.05) is 11.1 Å². The number of hydrazine groups is 1. The van der Waals surface area contributed by atoms with Crippen LogP contribution < -0.4 is 0 Å². The van der Waals surface area contributed by atoms with Crippen molar-refractivity contribution in [1.82, 2.24) is 10.0 Å². The molecule has 0 saturated carbocycles. The van der Waals surface area contributed by atoms with Gasteiger partial charge in [-0.25, -0.2) is 4.79 Å². The van der Waals surface area contributed by atoms with Gasteiger partial charge in [0.2, 0.25) is 0 Å². The molecule has 0 bridgehead atoms. The lowest BCUT2D eigenvalue weighted by Crippen LogP contribution is -2.64. The highest BCUT2D eigenvalue weighted by Gasteiger charge is 2.44. The molecule has 2 amide bonds. The second-order valence-corrected chi connectivity index (χ2v) is 9.77.